The van der Waals surface area contributed by atoms with Gasteiger partial charge in [0.05, 0.1) is 25.3 Å². The third kappa shape index (κ3) is 4.15. The number of nitrogens with zero attached hydrogens (tertiary/aromatic N) is 2. The van der Waals surface area contributed by atoms with Gasteiger partial charge in [-0.2, -0.15) is 5.10 Å². The van der Waals surface area contributed by atoms with Crippen LogP contribution in [0.5, 0.6) is 0 Å². The molecule has 130 valence electrons. The summed E-state index contributed by atoms with van der Waals surface area (Å²) in [6.07, 6.45) is 5.84. The van der Waals surface area contributed by atoms with Gasteiger partial charge in [0.25, 0.3) is 0 Å². The second-order valence-electron chi connectivity index (χ2n) is 6.12. The molecule has 6 heteroatoms. The summed E-state index contributed by atoms with van der Waals surface area (Å²) >= 11 is 0. The number of aromatic nitrogens is 2. The van der Waals surface area contributed by atoms with Gasteiger partial charge in [0.15, 0.2) is 0 Å². The summed E-state index contributed by atoms with van der Waals surface area (Å²) < 4.78 is 2.02. The number of amides is 2. The molecule has 1 aromatic heterocycles. The molecule has 3 rings (SSSR count). The molecule has 0 radical (unpaired) electrons. The maximum atomic E-state index is 12.1. The second-order valence-corrected chi connectivity index (χ2v) is 6.12. The molecule has 0 saturated heterocycles. The van der Waals surface area contributed by atoms with E-state index in [1.54, 1.807) is 0 Å². The van der Waals surface area contributed by atoms with Gasteiger partial charge in [0, 0.05) is 11.3 Å². The van der Waals surface area contributed by atoms with E-state index in [0.29, 0.717) is 0 Å². The molecule has 2 amide bonds. The van der Waals surface area contributed by atoms with Crippen LogP contribution in [0, 0.1) is 0 Å². The summed E-state index contributed by atoms with van der Waals surface area (Å²) in [6.45, 7) is 4.05. The van der Waals surface area contributed by atoms with Gasteiger partial charge in [-0.25, -0.2) is 0 Å². The number of hydrogen-bond donors (Lipinski definition) is 2. The predicted molar refractivity (Wildman–Crippen MR) is 94.8 cm³/mol. The Morgan fingerprint density at radius 3 is 2.88 bits per heavy atom. The minimum Gasteiger partial charge on any atom is -0.348 e. The van der Waals surface area contributed by atoms with Crippen LogP contribution in [0.1, 0.15) is 35.7 Å². The molecule has 1 unspecified atom stereocenters. The molecule has 1 heterocycles. The summed E-state index contributed by atoms with van der Waals surface area (Å²) in [5, 5.41) is 10.0. The highest BCUT2D eigenvalue weighted by Crippen LogP contribution is 2.29. The fourth-order valence-corrected chi connectivity index (χ4v) is 3.15. The Bertz CT molecular complexity index is 767. The molecule has 0 aliphatic heterocycles. The molecular weight excluding hydrogens is 316 g/mol. The number of carbonyl (C=O) groups excluding carboxylic acids is 2. The van der Waals surface area contributed by atoms with E-state index in [0.717, 1.165) is 37.4 Å². The number of rotatable bonds is 6. The van der Waals surface area contributed by atoms with Crippen LogP contribution in [0.3, 0.4) is 0 Å². The number of benzene rings is 1. The Hall–Kier alpha value is -2.89. The first-order valence-electron chi connectivity index (χ1n) is 8.45. The number of nitrogens with one attached hydrogen (secondary N) is 2. The highest BCUT2D eigenvalue weighted by molar-refractivity contribution is 5.90. The molecule has 1 atom stereocenters. The molecule has 2 aromatic rings. The van der Waals surface area contributed by atoms with Gasteiger partial charge < -0.3 is 10.6 Å². The molecule has 0 spiro atoms. The minimum absolute atomic E-state index is 0.0468. The molecule has 1 aliphatic rings. The molecule has 1 aliphatic carbocycles. The molecular formula is C19H22N4O2. The summed E-state index contributed by atoms with van der Waals surface area (Å²) in [5.74, 6) is -0.556. The van der Waals surface area contributed by atoms with Crippen molar-refractivity contribution in [1.29, 1.82) is 0 Å². The molecule has 25 heavy (non-hydrogen) atoms. The van der Waals surface area contributed by atoms with E-state index in [1.165, 1.54) is 11.3 Å². The third-order valence-electron chi connectivity index (χ3n) is 4.38. The van der Waals surface area contributed by atoms with Gasteiger partial charge in [0.1, 0.15) is 0 Å². The van der Waals surface area contributed by atoms with Crippen LogP contribution >= 0.6 is 0 Å². The van der Waals surface area contributed by atoms with E-state index in [-0.39, 0.29) is 24.4 Å². The molecule has 2 N–H and O–H groups in total. The van der Waals surface area contributed by atoms with Crippen molar-refractivity contribution in [1.82, 2.24) is 20.4 Å². The maximum Gasteiger partial charge on any atom is 0.243 e. The van der Waals surface area contributed by atoms with Crippen LogP contribution in [0.4, 0.5) is 0 Å². The van der Waals surface area contributed by atoms with Crippen LogP contribution in [-0.4, -0.2) is 28.1 Å². The van der Waals surface area contributed by atoms with Gasteiger partial charge in [-0.3, -0.25) is 14.3 Å². The first kappa shape index (κ1) is 17.0. The standard InChI is InChI=1S/C19H22N4O2/c1-2-18(24)20-12-19(25)22-16-9-6-10-17-15(16)11-21-23(17)13-14-7-4-3-5-8-14/h2-5,7-8,11,16H,1,6,9-10,12-13H2,(H,20,24)(H,22,25). The van der Waals surface area contributed by atoms with Gasteiger partial charge in [-0.05, 0) is 30.9 Å². The lowest BCUT2D eigenvalue weighted by atomic mass is 9.93. The van der Waals surface area contributed by atoms with E-state index in [9.17, 15) is 9.59 Å². The van der Waals surface area contributed by atoms with Crippen molar-refractivity contribution in [2.24, 2.45) is 0 Å². The summed E-state index contributed by atoms with van der Waals surface area (Å²) in [7, 11) is 0. The first-order chi connectivity index (χ1) is 12.2. The quantitative estimate of drug-likeness (QED) is 0.788. The minimum atomic E-state index is -0.352. The predicted octanol–water partition coefficient (Wildman–Crippen LogP) is 1.73. The van der Waals surface area contributed by atoms with Crippen molar-refractivity contribution >= 4 is 11.8 Å². The Kier molecular flexibility index (Phi) is 5.28. The lowest BCUT2D eigenvalue weighted by molar-refractivity contribution is -0.124. The zero-order valence-electron chi connectivity index (χ0n) is 14.1. The lowest BCUT2D eigenvalue weighted by Gasteiger charge is -2.24. The van der Waals surface area contributed by atoms with Crippen molar-refractivity contribution in [2.75, 3.05) is 6.54 Å². The van der Waals surface area contributed by atoms with Crippen LogP contribution in [0.2, 0.25) is 0 Å². The molecule has 0 fully saturated rings. The molecule has 1 aromatic carbocycles. The third-order valence-corrected chi connectivity index (χ3v) is 4.38. The largest absolute Gasteiger partial charge is 0.348 e. The number of fused-ring (bicyclic) bond motifs is 1. The fourth-order valence-electron chi connectivity index (χ4n) is 3.15. The Morgan fingerprint density at radius 1 is 1.32 bits per heavy atom. The molecule has 0 bridgehead atoms. The zero-order chi connectivity index (χ0) is 17.6. The van der Waals surface area contributed by atoms with Crippen molar-refractivity contribution in [3.05, 3.63) is 66.0 Å². The fraction of sp³-hybridized carbons (Fsp3) is 0.316. The van der Waals surface area contributed by atoms with Crippen molar-refractivity contribution in [2.45, 2.75) is 31.8 Å². The van der Waals surface area contributed by atoms with Gasteiger partial charge >= 0.3 is 0 Å². The van der Waals surface area contributed by atoms with Crippen LogP contribution in [0.25, 0.3) is 0 Å². The zero-order valence-corrected chi connectivity index (χ0v) is 14.1. The monoisotopic (exact) mass is 338 g/mol. The van der Waals surface area contributed by atoms with E-state index < -0.39 is 0 Å². The van der Waals surface area contributed by atoms with E-state index in [2.05, 4.69) is 34.4 Å². The summed E-state index contributed by atoms with van der Waals surface area (Å²) in [4.78, 5) is 23.2. The Morgan fingerprint density at radius 2 is 2.12 bits per heavy atom. The maximum absolute atomic E-state index is 12.1. The van der Waals surface area contributed by atoms with E-state index in [4.69, 9.17) is 0 Å². The van der Waals surface area contributed by atoms with Crippen molar-refractivity contribution < 1.29 is 9.59 Å². The Labute approximate surface area is 146 Å². The van der Waals surface area contributed by atoms with Gasteiger partial charge in [-0.15, -0.1) is 0 Å². The number of hydrogen-bond acceptors (Lipinski definition) is 3. The molecule has 0 saturated carbocycles. The van der Waals surface area contributed by atoms with Crippen LogP contribution < -0.4 is 10.6 Å². The van der Waals surface area contributed by atoms with E-state index in [1.807, 2.05) is 29.1 Å². The Balaban J connectivity index is 1.67. The molecule has 6 nitrogen and oxygen atoms in total. The summed E-state index contributed by atoms with van der Waals surface area (Å²) in [6, 6.07) is 10.1. The highest BCUT2D eigenvalue weighted by Gasteiger charge is 2.25. The normalized spacial score (nSPS) is 15.9. The summed E-state index contributed by atoms with van der Waals surface area (Å²) in [5.41, 5.74) is 3.45. The first-order valence-corrected chi connectivity index (χ1v) is 8.45. The average Bonchev–Trinajstić information content (AvgIpc) is 3.04. The second kappa shape index (κ2) is 7.79. The highest BCUT2D eigenvalue weighted by atomic mass is 16.2. The van der Waals surface area contributed by atoms with Crippen molar-refractivity contribution in [3.63, 3.8) is 0 Å². The van der Waals surface area contributed by atoms with Crippen molar-refractivity contribution in [3.8, 4) is 0 Å². The van der Waals surface area contributed by atoms with Crippen LogP contribution in [0.15, 0.2) is 49.2 Å². The van der Waals surface area contributed by atoms with Gasteiger partial charge in [-0.1, -0.05) is 36.9 Å². The SMILES string of the molecule is C=CC(=O)NCC(=O)NC1CCCc2c1cnn2Cc1ccccc1. The lowest BCUT2D eigenvalue weighted by Crippen LogP contribution is -2.39. The van der Waals surface area contributed by atoms with Gasteiger partial charge in [0.2, 0.25) is 11.8 Å². The van der Waals surface area contributed by atoms with Crippen LogP contribution in [-0.2, 0) is 22.6 Å². The smallest absolute Gasteiger partial charge is 0.243 e. The van der Waals surface area contributed by atoms with E-state index >= 15 is 0 Å². The topological polar surface area (TPSA) is 76.0 Å². The number of carbonyl (C=O) groups is 2. The average molecular weight is 338 g/mol.